The fourth-order valence-corrected chi connectivity index (χ4v) is 3.10. The Balaban J connectivity index is 2.62. The standard InChI is InChI=1S/C16H32O3Si/c1-9-10-11-13-14(19-16(5,6)18-13)12-17-20(7,8)15(2,3)4/h9,13-14H,1,10-12H2,2-8H3/t13-,14+/m0/s1. The van der Waals surface area contributed by atoms with Gasteiger partial charge in [-0.1, -0.05) is 26.8 Å². The van der Waals surface area contributed by atoms with Gasteiger partial charge in [-0.25, -0.2) is 0 Å². The van der Waals surface area contributed by atoms with E-state index in [4.69, 9.17) is 13.9 Å². The van der Waals surface area contributed by atoms with Gasteiger partial charge in [0, 0.05) is 0 Å². The van der Waals surface area contributed by atoms with E-state index in [9.17, 15) is 0 Å². The van der Waals surface area contributed by atoms with Crippen molar-refractivity contribution in [2.75, 3.05) is 6.61 Å². The van der Waals surface area contributed by atoms with Crippen LogP contribution in [0.1, 0.15) is 47.5 Å². The number of rotatable bonds is 6. The SMILES string of the molecule is C=CCC[C@@H]1OC(C)(C)O[C@@H]1CO[Si](C)(C)C(C)(C)C. The molecule has 0 spiro atoms. The molecule has 0 radical (unpaired) electrons. The van der Waals surface area contributed by atoms with Gasteiger partial charge in [0.2, 0.25) is 0 Å². The van der Waals surface area contributed by atoms with Crippen molar-refractivity contribution in [1.82, 2.24) is 0 Å². The van der Waals surface area contributed by atoms with Crippen molar-refractivity contribution in [1.29, 1.82) is 0 Å². The minimum absolute atomic E-state index is 0.0269. The van der Waals surface area contributed by atoms with E-state index in [1.807, 2.05) is 19.9 Å². The van der Waals surface area contributed by atoms with Crippen molar-refractivity contribution in [3.05, 3.63) is 12.7 Å². The average Bonchev–Trinajstić information content (AvgIpc) is 2.57. The van der Waals surface area contributed by atoms with Gasteiger partial charge >= 0.3 is 0 Å². The molecule has 0 N–H and O–H groups in total. The maximum absolute atomic E-state index is 6.29. The predicted molar refractivity (Wildman–Crippen MR) is 86.4 cm³/mol. The second-order valence-electron chi connectivity index (χ2n) is 7.65. The molecule has 0 unspecified atom stereocenters. The van der Waals surface area contributed by atoms with Crippen molar-refractivity contribution in [2.45, 2.75) is 83.6 Å². The Hall–Kier alpha value is -0.163. The number of allylic oxidation sites excluding steroid dienone is 1. The van der Waals surface area contributed by atoms with Crippen LogP contribution in [0.3, 0.4) is 0 Å². The van der Waals surface area contributed by atoms with Gasteiger partial charge in [0.05, 0.1) is 12.7 Å². The summed E-state index contributed by atoms with van der Waals surface area (Å²) in [7, 11) is -1.74. The third-order valence-corrected chi connectivity index (χ3v) is 8.86. The lowest BCUT2D eigenvalue weighted by Gasteiger charge is -2.37. The van der Waals surface area contributed by atoms with Crippen LogP contribution < -0.4 is 0 Å². The highest BCUT2D eigenvalue weighted by Crippen LogP contribution is 2.38. The summed E-state index contributed by atoms with van der Waals surface area (Å²) in [6, 6.07) is 0. The first-order valence-corrected chi connectivity index (χ1v) is 10.5. The molecule has 0 aromatic carbocycles. The Labute approximate surface area is 125 Å². The van der Waals surface area contributed by atoms with E-state index < -0.39 is 14.1 Å². The summed E-state index contributed by atoms with van der Waals surface area (Å²) in [4.78, 5) is 0. The lowest BCUT2D eigenvalue weighted by molar-refractivity contribution is -0.149. The lowest BCUT2D eigenvalue weighted by Crippen LogP contribution is -2.44. The minimum Gasteiger partial charge on any atom is -0.414 e. The number of ether oxygens (including phenoxy) is 2. The maximum atomic E-state index is 6.29. The predicted octanol–water partition coefficient (Wildman–Crippen LogP) is 4.49. The van der Waals surface area contributed by atoms with Crippen molar-refractivity contribution < 1.29 is 13.9 Å². The molecule has 1 rings (SSSR count). The smallest absolute Gasteiger partial charge is 0.192 e. The zero-order valence-corrected chi connectivity index (χ0v) is 15.3. The molecule has 1 aliphatic rings. The third-order valence-electron chi connectivity index (χ3n) is 4.35. The molecule has 2 atom stereocenters. The Morgan fingerprint density at radius 3 is 2.25 bits per heavy atom. The highest BCUT2D eigenvalue weighted by Gasteiger charge is 2.43. The van der Waals surface area contributed by atoms with Gasteiger partial charge in [0.15, 0.2) is 14.1 Å². The van der Waals surface area contributed by atoms with Crippen LogP contribution in [-0.2, 0) is 13.9 Å². The summed E-state index contributed by atoms with van der Waals surface area (Å²) in [5.41, 5.74) is 0. The highest BCUT2D eigenvalue weighted by atomic mass is 28.4. The second kappa shape index (κ2) is 6.30. The van der Waals surface area contributed by atoms with Crippen LogP contribution in [0.15, 0.2) is 12.7 Å². The van der Waals surface area contributed by atoms with E-state index in [-0.39, 0.29) is 17.2 Å². The fourth-order valence-electron chi connectivity index (χ4n) is 2.08. The van der Waals surface area contributed by atoms with Gasteiger partial charge in [-0.2, -0.15) is 0 Å². The molecular weight excluding hydrogens is 268 g/mol. The first kappa shape index (κ1) is 17.9. The van der Waals surface area contributed by atoms with Crippen LogP contribution in [0, 0.1) is 0 Å². The van der Waals surface area contributed by atoms with Crippen molar-refractivity contribution >= 4 is 8.32 Å². The average molecular weight is 301 g/mol. The lowest BCUT2D eigenvalue weighted by atomic mass is 10.1. The highest BCUT2D eigenvalue weighted by molar-refractivity contribution is 6.74. The van der Waals surface area contributed by atoms with E-state index in [0.29, 0.717) is 6.61 Å². The molecule has 0 amide bonds. The molecular formula is C16H32O3Si. The number of hydrogen-bond acceptors (Lipinski definition) is 3. The summed E-state index contributed by atoms with van der Waals surface area (Å²) in [6.45, 7) is 19.7. The quantitative estimate of drug-likeness (QED) is 0.534. The van der Waals surface area contributed by atoms with Crippen LogP contribution >= 0.6 is 0 Å². The molecule has 20 heavy (non-hydrogen) atoms. The summed E-state index contributed by atoms with van der Waals surface area (Å²) in [6.07, 6.45) is 3.95. The van der Waals surface area contributed by atoms with E-state index in [1.165, 1.54) is 0 Å². The van der Waals surface area contributed by atoms with E-state index in [2.05, 4.69) is 40.4 Å². The first-order valence-electron chi connectivity index (χ1n) is 7.59. The first-order chi connectivity index (χ1) is 8.98. The molecule has 3 nitrogen and oxygen atoms in total. The molecule has 4 heteroatoms. The Bertz CT molecular complexity index is 331. The zero-order chi connectivity index (χ0) is 15.6. The molecule has 0 bridgehead atoms. The zero-order valence-electron chi connectivity index (χ0n) is 14.3. The van der Waals surface area contributed by atoms with E-state index in [1.54, 1.807) is 0 Å². The molecule has 1 fully saturated rings. The van der Waals surface area contributed by atoms with Crippen LogP contribution in [0.25, 0.3) is 0 Å². The Morgan fingerprint density at radius 2 is 1.75 bits per heavy atom. The topological polar surface area (TPSA) is 27.7 Å². The molecule has 1 aliphatic heterocycles. The van der Waals surface area contributed by atoms with Crippen molar-refractivity contribution in [3.63, 3.8) is 0 Å². The molecule has 0 aromatic rings. The molecule has 1 saturated heterocycles. The van der Waals surface area contributed by atoms with Crippen LogP contribution in [0.2, 0.25) is 18.1 Å². The van der Waals surface area contributed by atoms with Gasteiger partial charge in [-0.3, -0.25) is 0 Å². The van der Waals surface area contributed by atoms with Crippen LogP contribution in [0.4, 0.5) is 0 Å². The van der Waals surface area contributed by atoms with Crippen LogP contribution in [0.5, 0.6) is 0 Å². The van der Waals surface area contributed by atoms with Crippen molar-refractivity contribution in [3.8, 4) is 0 Å². The molecule has 0 aliphatic carbocycles. The largest absolute Gasteiger partial charge is 0.414 e. The molecule has 0 saturated carbocycles. The van der Waals surface area contributed by atoms with E-state index in [0.717, 1.165) is 12.8 Å². The van der Waals surface area contributed by atoms with Crippen molar-refractivity contribution in [2.24, 2.45) is 0 Å². The van der Waals surface area contributed by atoms with Gasteiger partial charge in [0.25, 0.3) is 0 Å². The summed E-state index contributed by atoms with van der Waals surface area (Å²) < 4.78 is 18.3. The van der Waals surface area contributed by atoms with Gasteiger partial charge in [0.1, 0.15) is 6.10 Å². The molecule has 118 valence electrons. The van der Waals surface area contributed by atoms with E-state index >= 15 is 0 Å². The second-order valence-corrected chi connectivity index (χ2v) is 12.5. The van der Waals surface area contributed by atoms with Crippen LogP contribution in [-0.4, -0.2) is 32.9 Å². The normalized spacial score (nSPS) is 26.8. The Kier molecular flexibility index (Phi) is 5.64. The van der Waals surface area contributed by atoms with Gasteiger partial charge in [-0.05, 0) is 44.8 Å². The summed E-state index contributed by atoms with van der Waals surface area (Å²) >= 11 is 0. The third kappa shape index (κ3) is 4.69. The monoisotopic (exact) mass is 300 g/mol. The Morgan fingerprint density at radius 1 is 1.20 bits per heavy atom. The van der Waals surface area contributed by atoms with Gasteiger partial charge in [-0.15, -0.1) is 6.58 Å². The minimum atomic E-state index is -1.74. The van der Waals surface area contributed by atoms with Gasteiger partial charge < -0.3 is 13.9 Å². The summed E-state index contributed by atoms with van der Waals surface area (Å²) in [5.74, 6) is -0.507. The molecule has 1 heterocycles. The number of hydrogen-bond donors (Lipinski definition) is 0. The molecule has 0 aromatic heterocycles. The summed E-state index contributed by atoms with van der Waals surface area (Å²) in [5, 5.41) is 0.221. The maximum Gasteiger partial charge on any atom is 0.192 e. The fraction of sp³-hybridized carbons (Fsp3) is 0.875.